The second-order valence-electron chi connectivity index (χ2n) is 10.1. The van der Waals surface area contributed by atoms with E-state index in [4.69, 9.17) is 9.05 Å². The molecule has 0 bridgehead atoms. The molecule has 7 heteroatoms. The van der Waals surface area contributed by atoms with E-state index in [9.17, 15) is 0 Å². The van der Waals surface area contributed by atoms with Gasteiger partial charge in [0.1, 0.15) is 11.5 Å². The molecule has 0 atom stereocenters. The number of aromatic nitrogens is 5. The Labute approximate surface area is 200 Å². The highest BCUT2D eigenvalue weighted by molar-refractivity contribution is 5.66. The van der Waals surface area contributed by atoms with E-state index >= 15 is 0 Å². The van der Waals surface area contributed by atoms with E-state index in [1.54, 1.807) is 0 Å². The Hall–Kier alpha value is -3.22. The highest BCUT2D eigenvalue weighted by Gasteiger charge is 2.34. The topological polar surface area (TPSA) is 82.8 Å². The number of nitrogens with zero attached hydrogens (tertiary/aromatic N) is 5. The lowest BCUT2D eigenvalue weighted by Crippen LogP contribution is -1.93. The Morgan fingerprint density at radius 2 is 1.35 bits per heavy atom. The Balaban J connectivity index is 0.000000142. The summed E-state index contributed by atoms with van der Waals surface area (Å²) >= 11 is 0. The molecule has 6 rings (SSSR count). The van der Waals surface area contributed by atoms with Crippen molar-refractivity contribution in [3.63, 3.8) is 0 Å². The van der Waals surface area contributed by atoms with E-state index in [0.29, 0.717) is 23.7 Å². The maximum atomic E-state index is 5.55. The summed E-state index contributed by atoms with van der Waals surface area (Å²) in [5, 5.41) is 8.48. The molecule has 0 unspecified atom stereocenters. The van der Waals surface area contributed by atoms with Gasteiger partial charge in [0.2, 0.25) is 0 Å². The van der Waals surface area contributed by atoms with E-state index in [-0.39, 0.29) is 0 Å². The van der Waals surface area contributed by atoms with Crippen molar-refractivity contribution in [1.29, 1.82) is 0 Å². The third-order valence-corrected chi connectivity index (χ3v) is 6.36. The second kappa shape index (κ2) is 9.20. The average molecular weight is 460 g/mol. The van der Waals surface area contributed by atoms with Crippen LogP contribution in [0, 0.1) is 0 Å². The standard InChI is InChI=1S/C14H16N2O.C13H17N3O/c1-9(2)13-12(11-5-3-4-8-15-11)14(17-16-13)10-6-7-10;1-8(2)12-11(10-6-16(3)7-14-10)13(17-15-12)9-4-5-9/h3-5,8-10H,6-7H2,1-2H3;6-9H,4-5H2,1-3H3. The summed E-state index contributed by atoms with van der Waals surface area (Å²) in [6, 6.07) is 5.98. The minimum Gasteiger partial charge on any atom is -0.360 e. The molecule has 2 aliphatic carbocycles. The van der Waals surface area contributed by atoms with Gasteiger partial charge in [-0.25, -0.2) is 4.98 Å². The Kier molecular flexibility index (Phi) is 6.11. The molecule has 4 aromatic rings. The van der Waals surface area contributed by atoms with Gasteiger partial charge < -0.3 is 13.6 Å². The largest absolute Gasteiger partial charge is 0.360 e. The lowest BCUT2D eigenvalue weighted by atomic mass is 9.99. The van der Waals surface area contributed by atoms with Crippen LogP contribution in [0.4, 0.5) is 0 Å². The predicted molar refractivity (Wildman–Crippen MR) is 131 cm³/mol. The minimum absolute atomic E-state index is 0.364. The van der Waals surface area contributed by atoms with Crippen molar-refractivity contribution in [2.75, 3.05) is 0 Å². The molecule has 0 N–H and O–H groups in total. The van der Waals surface area contributed by atoms with E-state index in [2.05, 4.69) is 48.0 Å². The van der Waals surface area contributed by atoms with Crippen LogP contribution in [0.25, 0.3) is 22.5 Å². The summed E-state index contributed by atoms with van der Waals surface area (Å²) in [5.74, 6) is 3.92. The third kappa shape index (κ3) is 4.56. The normalized spacial score (nSPS) is 15.6. The fourth-order valence-corrected chi connectivity index (χ4v) is 4.24. The van der Waals surface area contributed by atoms with Crippen molar-refractivity contribution in [2.45, 2.75) is 77.0 Å². The lowest BCUT2D eigenvalue weighted by molar-refractivity contribution is 0.376. The van der Waals surface area contributed by atoms with Gasteiger partial charge in [-0.1, -0.05) is 44.1 Å². The molecule has 2 fully saturated rings. The van der Waals surface area contributed by atoms with Crippen molar-refractivity contribution in [1.82, 2.24) is 24.8 Å². The first-order chi connectivity index (χ1) is 16.4. The number of hydrogen-bond donors (Lipinski definition) is 0. The van der Waals surface area contributed by atoms with Gasteiger partial charge in [-0.2, -0.15) is 0 Å². The fourth-order valence-electron chi connectivity index (χ4n) is 4.24. The molecule has 0 aliphatic heterocycles. The van der Waals surface area contributed by atoms with E-state index in [1.165, 1.54) is 25.7 Å². The van der Waals surface area contributed by atoms with Crippen molar-refractivity contribution >= 4 is 0 Å². The molecule has 34 heavy (non-hydrogen) atoms. The molecule has 0 saturated heterocycles. The molecule has 4 heterocycles. The fraction of sp³-hybridized carbons (Fsp3) is 0.481. The number of rotatable bonds is 6. The summed E-state index contributed by atoms with van der Waals surface area (Å²) in [6.07, 6.45) is 10.5. The van der Waals surface area contributed by atoms with E-state index < -0.39 is 0 Å². The smallest absolute Gasteiger partial charge is 0.149 e. The Bertz CT molecular complexity index is 1200. The van der Waals surface area contributed by atoms with Gasteiger partial charge in [0.05, 0.1) is 40.2 Å². The predicted octanol–water partition coefficient (Wildman–Crippen LogP) is 6.81. The summed E-state index contributed by atoms with van der Waals surface area (Å²) < 4.78 is 13.1. The quantitative estimate of drug-likeness (QED) is 0.315. The van der Waals surface area contributed by atoms with Gasteiger partial charge >= 0.3 is 0 Å². The average Bonchev–Trinajstić information content (AvgIpc) is 3.72. The van der Waals surface area contributed by atoms with Gasteiger partial charge in [-0.15, -0.1) is 0 Å². The number of aryl methyl sites for hydroxylation is 1. The Morgan fingerprint density at radius 1 is 0.794 bits per heavy atom. The molecule has 0 radical (unpaired) electrons. The van der Waals surface area contributed by atoms with Crippen molar-refractivity contribution < 1.29 is 9.05 Å². The molecular formula is C27H33N5O2. The minimum atomic E-state index is 0.364. The first-order valence-corrected chi connectivity index (χ1v) is 12.3. The van der Waals surface area contributed by atoms with Crippen molar-refractivity contribution in [3.8, 4) is 22.5 Å². The van der Waals surface area contributed by atoms with E-state index in [1.807, 2.05) is 48.5 Å². The van der Waals surface area contributed by atoms with Gasteiger partial charge in [-0.05, 0) is 49.7 Å². The summed E-state index contributed by atoms with van der Waals surface area (Å²) in [5.41, 5.74) is 6.29. The zero-order valence-electron chi connectivity index (χ0n) is 20.7. The van der Waals surface area contributed by atoms with E-state index in [0.717, 1.165) is 45.4 Å². The zero-order valence-corrected chi connectivity index (χ0v) is 20.7. The first-order valence-electron chi connectivity index (χ1n) is 12.3. The van der Waals surface area contributed by atoms with Crippen LogP contribution in [0.15, 0.2) is 46.0 Å². The summed E-state index contributed by atoms with van der Waals surface area (Å²) in [4.78, 5) is 8.87. The summed E-state index contributed by atoms with van der Waals surface area (Å²) in [7, 11) is 1.98. The van der Waals surface area contributed by atoms with Crippen LogP contribution in [0.3, 0.4) is 0 Å². The van der Waals surface area contributed by atoms with Crippen LogP contribution < -0.4 is 0 Å². The van der Waals surface area contributed by atoms with Crippen molar-refractivity contribution in [3.05, 3.63) is 59.8 Å². The van der Waals surface area contributed by atoms with Crippen LogP contribution in [0.1, 0.15) is 100.0 Å². The number of hydrogen-bond acceptors (Lipinski definition) is 6. The van der Waals surface area contributed by atoms with Crippen LogP contribution in [-0.4, -0.2) is 24.8 Å². The van der Waals surface area contributed by atoms with Crippen LogP contribution >= 0.6 is 0 Å². The SMILES string of the molecule is CC(C)c1noc(C2CC2)c1-c1ccccn1.CC(C)c1noc(C2CC2)c1-c1cn(C)cn1. The highest BCUT2D eigenvalue weighted by Crippen LogP contribution is 2.47. The van der Waals surface area contributed by atoms with Crippen molar-refractivity contribution in [2.24, 2.45) is 7.05 Å². The second-order valence-corrected chi connectivity index (χ2v) is 10.1. The van der Waals surface area contributed by atoms with Gasteiger partial charge in [-0.3, -0.25) is 4.98 Å². The summed E-state index contributed by atoms with van der Waals surface area (Å²) in [6.45, 7) is 8.56. The molecule has 0 amide bonds. The first kappa shape index (κ1) is 22.6. The van der Waals surface area contributed by atoms with Gasteiger partial charge in [0.15, 0.2) is 0 Å². The molecule has 0 spiro atoms. The molecule has 4 aromatic heterocycles. The molecule has 2 saturated carbocycles. The van der Waals surface area contributed by atoms with Gasteiger partial charge in [0, 0.05) is 31.3 Å². The molecule has 178 valence electrons. The zero-order chi connectivity index (χ0) is 23.8. The van der Waals surface area contributed by atoms with Crippen LogP contribution in [0.2, 0.25) is 0 Å². The van der Waals surface area contributed by atoms with Gasteiger partial charge in [0.25, 0.3) is 0 Å². The van der Waals surface area contributed by atoms with Crippen LogP contribution in [-0.2, 0) is 7.05 Å². The molecule has 2 aliphatic rings. The molecule has 7 nitrogen and oxygen atoms in total. The molecular weight excluding hydrogens is 426 g/mol. The maximum Gasteiger partial charge on any atom is 0.149 e. The van der Waals surface area contributed by atoms with Crippen LogP contribution in [0.5, 0.6) is 0 Å². The molecule has 0 aromatic carbocycles. The lowest BCUT2D eigenvalue weighted by Gasteiger charge is -2.05. The third-order valence-electron chi connectivity index (χ3n) is 6.36. The Morgan fingerprint density at radius 3 is 1.76 bits per heavy atom. The maximum absolute atomic E-state index is 5.55. The number of pyridine rings is 1. The highest BCUT2D eigenvalue weighted by atomic mass is 16.5. The number of imidazole rings is 1. The monoisotopic (exact) mass is 459 g/mol.